The second kappa shape index (κ2) is 5.72. The Morgan fingerprint density at radius 2 is 2.00 bits per heavy atom. The van der Waals surface area contributed by atoms with Crippen LogP contribution in [0.2, 0.25) is 0 Å². The van der Waals surface area contributed by atoms with Crippen molar-refractivity contribution in [2.24, 2.45) is 0 Å². The molecule has 5 heteroatoms. The fraction of sp³-hybridized carbons (Fsp3) is 0.333. The first-order chi connectivity index (χ1) is 7.96. The quantitative estimate of drug-likeness (QED) is 0.809. The molecule has 0 saturated heterocycles. The van der Waals surface area contributed by atoms with Crippen LogP contribution in [0, 0.1) is 0 Å². The van der Waals surface area contributed by atoms with E-state index in [9.17, 15) is 8.42 Å². The van der Waals surface area contributed by atoms with E-state index in [1.165, 1.54) is 6.08 Å². The maximum absolute atomic E-state index is 11.0. The van der Waals surface area contributed by atoms with Crippen LogP contribution in [0.4, 0.5) is 0 Å². The lowest BCUT2D eigenvalue weighted by Gasteiger charge is -2.09. The Kier molecular flexibility index (Phi) is 4.57. The Bertz CT molecular complexity index is 503. The molecular formula is C12H16O4S. The van der Waals surface area contributed by atoms with Crippen molar-refractivity contribution in [1.29, 1.82) is 0 Å². The second-order valence-electron chi connectivity index (χ2n) is 3.48. The Hall–Kier alpha value is -1.49. The average Bonchev–Trinajstić information content (AvgIpc) is 2.26. The lowest BCUT2D eigenvalue weighted by Crippen LogP contribution is -1.95. The lowest BCUT2D eigenvalue weighted by molar-refractivity contribution is 0.311. The Morgan fingerprint density at radius 1 is 1.29 bits per heavy atom. The molecule has 0 radical (unpaired) electrons. The van der Waals surface area contributed by atoms with E-state index in [0.29, 0.717) is 18.1 Å². The summed E-state index contributed by atoms with van der Waals surface area (Å²) in [5.41, 5.74) is 0.750. The van der Waals surface area contributed by atoms with Gasteiger partial charge in [0.25, 0.3) is 0 Å². The number of benzene rings is 1. The van der Waals surface area contributed by atoms with E-state index in [1.807, 2.05) is 6.92 Å². The summed E-state index contributed by atoms with van der Waals surface area (Å²) in [4.78, 5) is 0. The molecular weight excluding hydrogens is 240 g/mol. The number of ether oxygens (including phenoxy) is 2. The summed E-state index contributed by atoms with van der Waals surface area (Å²) in [5.74, 6) is 1.23. The first-order valence-corrected chi connectivity index (χ1v) is 7.10. The molecule has 4 nitrogen and oxygen atoms in total. The SMILES string of the molecule is CCOc1cc(/C=C/S(C)(=O)=O)ccc1OC. The van der Waals surface area contributed by atoms with Crippen LogP contribution in [-0.4, -0.2) is 28.4 Å². The molecule has 0 spiro atoms. The topological polar surface area (TPSA) is 52.6 Å². The van der Waals surface area contributed by atoms with Gasteiger partial charge in [0.1, 0.15) is 0 Å². The number of hydrogen-bond acceptors (Lipinski definition) is 4. The van der Waals surface area contributed by atoms with Crippen molar-refractivity contribution in [2.75, 3.05) is 20.0 Å². The van der Waals surface area contributed by atoms with Crippen molar-refractivity contribution in [3.63, 3.8) is 0 Å². The van der Waals surface area contributed by atoms with E-state index in [4.69, 9.17) is 9.47 Å². The summed E-state index contributed by atoms with van der Waals surface area (Å²) in [6.07, 6.45) is 2.67. The van der Waals surface area contributed by atoms with Crippen LogP contribution in [0.3, 0.4) is 0 Å². The average molecular weight is 256 g/mol. The minimum atomic E-state index is -3.12. The molecule has 1 aromatic carbocycles. The van der Waals surface area contributed by atoms with Gasteiger partial charge in [0.2, 0.25) is 0 Å². The van der Waals surface area contributed by atoms with E-state index in [0.717, 1.165) is 17.2 Å². The third kappa shape index (κ3) is 4.48. The molecule has 0 fully saturated rings. The van der Waals surface area contributed by atoms with Crippen LogP contribution in [0.1, 0.15) is 12.5 Å². The highest BCUT2D eigenvalue weighted by molar-refractivity contribution is 7.93. The van der Waals surface area contributed by atoms with Crippen molar-refractivity contribution in [1.82, 2.24) is 0 Å². The summed E-state index contributed by atoms with van der Waals surface area (Å²) in [6.45, 7) is 2.40. The third-order valence-electron chi connectivity index (χ3n) is 2.00. The van der Waals surface area contributed by atoms with E-state index in [1.54, 1.807) is 25.3 Å². The van der Waals surface area contributed by atoms with Gasteiger partial charge in [-0.25, -0.2) is 8.42 Å². The summed E-state index contributed by atoms with van der Waals surface area (Å²) >= 11 is 0. The van der Waals surface area contributed by atoms with Gasteiger partial charge < -0.3 is 9.47 Å². The summed E-state index contributed by atoms with van der Waals surface area (Å²) in [5, 5.41) is 1.16. The van der Waals surface area contributed by atoms with Crippen LogP contribution < -0.4 is 9.47 Å². The minimum absolute atomic E-state index is 0.523. The zero-order valence-corrected chi connectivity index (χ0v) is 11.0. The zero-order valence-electron chi connectivity index (χ0n) is 10.1. The summed E-state index contributed by atoms with van der Waals surface area (Å²) in [7, 11) is -1.56. The molecule has 17 heavy (non-hydrogen) atoms. The highest BCUT2D eigenvalue weighted by Crippen LogP contribution is 2.28. The van der Waals surface area contributed by atoms with Gasteiger partial charge in [-0.2, -0.15) is 0 Å². The molecule has 0 atom stereocenters. The molecule has 94 valence electrons. The Balaban J connectivity index is 3.04. The van der Waals surface area contributed by atoms with E-state index in [-0.39, 0.29) is 0 Å². The van der Waals surface area contributed by atoms with Crippen molar-refractivity contribution >= 4 is 15.9 Å². The van der Waals surface area contributed by atoms with Crippen molar-refractivity contribution in [2.45, 2.75) is 6.92 Å². The van der Waals surface area contributed by atoms with Gasteiger partial charge in [-0.1, -0.05) is 6.07 Å². The molecule has 0 N–H and O–H groups in total. The standard InChI is InChI=1S/C12H16O4S/c1-4-16-12-9-10(5-6-11(12)15-2)7-8-17(3,13)14/h5-9H,4H2,1-3H3/b8-7+. The highest BCUT2D eigenvalue weighted by atomic mass is 32.2. The van der Waals surface area contributed by atoms with Crippen LogP contribution in [0.25, 0.3) is 6.08 Å². The summed E-state index contributed by atoms with van der Waals surface area (Å²) < 4.78 is 32.5. The number of hydrogen-bond donors (Lipinski definition) is 0. The van der Waals surface area contributed by atoms with Crippen LogP contribution in [0.15, 0.2) is 23.6 Å². The smallest absolute Gasteiger partial charge is 0.168 e. The van der Waals surface area contributed by atoms with Gasteiger partial charge in [-0.05, 0) is 30.7 Å². The van der Waals surface area contributed by atoms with Gasteiger partial charge in [0.15, 0.2) is 21.3 Å². The third-order valence-corrected chi connectivity index (χ3v) is 2.63. The second-order valence-corrected chi connectivity index (χ2v) is 5.41. The molecule has 0 amide bonds. The maximum Gasteiger partial charge on any atom is 0.168 e. The van der Waals surface area contributed by atoms with Gasteiger partial charge >= 0.3 is 0 Å². The fourth-order valence-electron chi connectivity index (χ4n) is 1.27. The fourth-order valence-corrected chi connectivity index (χ4v) is 1.67. The molecule has 1 aromatic rings. The zero-order chi connectivity index (χ0) is 12.9. The lowest BCUT2D eigenvalue weighted by atomic mass is 10.2. The Labute approximate surface area is 102 Å². The van der Waals surface area contributed by atoms with Crippen LogP contribution >= 0.6 is 0 Å². The van der Waals surface area contributed by atoms with Crippen molar-refractivity contribution < 1.29 is 17.9 Å². The van der Waals surface area contributed by atoms with Crippen LogP contribution in [0.5, 0.6) is 11.5 Å². The molecule has 0 bridgehead atoms. The largest absolute Gasteiger partial charge is 0.493 e. The van der Waals surface area contributed by atoms with Crippen molar-refractivity contribution in [3.8, 4) is 11.5 Å². The van der Waals surface area contributed by atoms with E-state index < -0.39 is 9.84 Å². The molecule has 1 rings (SSSR count). The first-order valence-electron chi connectivity index (χ1n) is 5.15. The summed E-state index contributed by atoms with van der Waals surface area (Å²) in [6, 6.07) is 5.25. The van der Waals surface area contributed by atoms with E-state index >= 15 is 0 Å². The minimum Gasteiger partial charge on any atom is -0.493 e. The van der Waals surface area contributed by atoms with Gasteiger partial charge in [-0.15, -0.1) is 0 Å². The van der Waals surface area contributed by atoms with Gasteiger partial charge in [-0.3, -0.25) is 0 Å². The predicted molar refractivity (Wildman–Crippen MR) is 68.0 cm³/mol. The van der Waals surface area contributed by atoms with Crippen molar-refractivity contribution in [3.05, 3.63) is 29.2 Å². The molecule has 0 heterocycles. The molecule has 0 aliphatic rings. The number of methoxy groups -OCH3 is 1. The number of sulfone groups is 1. The highest BCUT2D eigenvalue weighted by Gasteiger charge is 2.04. The molecule has 0 aliphatic carbocycles. The predicted octanol–water partition coefficient (Wildman–Crippen LogP) is 2.11. The number of rotatable bonds is 5. The Morgan fingerprint density at radius 3 is 2.53 bits per heavy atom. The maximum atomic E-state index is 11.0. The first kappa shape index (κ1) is 13.6. The van der Waals surface area contributed by atoms with E-state index in [2.05, 4.69) is 0 Å². The van der Waals surface area contributed by atoms with Crippen LogP contribution in [-0.2, 0) is 9.84 Å². The van der Waals surface area contributed by atoms with Gasteiger partial charge in [0.05, 0.1) is 13.7 Å². The normalized spacial score (nSPS) is 11.7. The molecule has 0 unspecified atom stereocenters. The molecule has 0 aliphatic heterocycles. The molecule has 0 aromatic heterocycles. The monoisotopic (exact) mass is 256 g/mol. The molecule has 0 saturated carbocycles. The van der Waals surface area contributed by atoms with Gasteiger partial charge in [0, 0.05) is 11.7 Å².